The van der Waals surface area contributed by atoms with Crippen molar-refractivity contribution >= 4 is 11.3 Å². The summed E-state index contributed by atoms with van der Waals surface area (Å²) in [6.07, 6.45) is 4.10. The van der Waals surface area contributed by atoms with Crippen LogP contribution in [0.1, 0.15) is 35.4 Å². The van der Waals surface area contributed by atoms with Gasteiger partial charge in [0.15, 0.2) is 0 Å². The predicted octanol–water partition coefficient (Wildman–Crippen LogP) is 2.45. The van der Waals surface area contributed by atoms with Gasteiger partial charge in [-0.25, -0.2) is 0 Å². The number of aliphatic hydroxyl groups is 1. The molecule has 1 saturated carbocycles. The molecule has 1 aliphatic carbocycles. The van der Waals surface area contributed by atoms with E-state index in [4.69, 9.17) is 0 Å². The van der Waals surface area contributed by atoms with Crippen molar-refractivity contribution in [2.75, 3.05) is 0 Å². The van der Waals surface area contributed by atoms with Crippen LogP contribution >= 0.6 is 11.3 Å². The minimum absolute atomic E-state index is 0.0490. The van der Waals surface area contributed by atoms with E-state index in [-0.39, 0.29) is 6.10 Å². The van der Waals surface area contributed by atoms with E-state index in [9.17, 15) is 5.11 Å². The van der Waals surface area contributed by atoms with E-state index >= 15 is 0 Å². The lowest BCUT2D eigenvalue weighted by Crippen LogP contribution is -2.33. The van der Waals surface area contributed by atoms with Crippen LogP contribution in [0.3, 0.4) is 0 Å². The van der Waals surface area contributed by atoms with E-state index in [1.54, 1.807) is 0 Å². The molecule has 1 aromatic rings. The largest absolute Gasteiger partial charge is 0.393 e. The number of nitrogens with one attached hydrogen (secondary N) is 1. The van der Waals surface area contributed by atoms with Crippen LogP contribution in [0, 0.1) is 6.92 Å². The van der Waals surface area contributed by atoms with Crippen LogP contribution in [0.2, 0.25) is 0 Å². The van der Waals surface area contributed by atoms with Gasteiger partial charge in [-0.05, 0) is 44.7 Å². The van der Waals surface area contributed by atoms with Crippen LogP contribution < -0.4 is 5.32 Å². The maximum absolute atomic E-state index is 9.39. The molecule has 0 spiro atoms. The molecule has 0 radical (unpaired) electrons. The third-order valence-corrected chi connectivity index (χ3v) is 4.06. The predicted molar refractivity (Wildman–Crippen MR) is 64.2 cm³/mol. The van der Waals surface area contributed by atoms with Gasteiger partial charge < -0.3 is 10.4 Å². The smallest absolute Gasteiger partial charge is 0.0541 e. The average Bonchev–Trinajstić information content (AvgIpc) is 2.64. The zero-order chi connectivity index (χ0) is 10.7. The second-order valence-electron chi connectivity index (χ2n) is 4.40. The first-order valence-electron chi connectivity index (χ1n) is 5.71. The highest BCUT2D eigenvalue weighted by Crippen LogP contribution is 2.20. The minimum atomic E-state index is -0.0490. The van der Waals surface area contributed by atoms with Crippen molar-refractivity contribution in [1.82, 2.24) is 5.32 Å². The molecule has 1 aromatic heterocycles. The van der Waals surface area contributed by atoms with Crippen molar-refractivity contribution in [3.63, 3.8) is 0 Å². The molecule has 3 heteroatoms. The Labute approximate surface area is 95.3 Å². The average molecular weight is 225 g/mol. The highest BCUT2D eigenvalue weighted by Gasteiger charge is 2.18. The van der Waals surface area contributed by atoms with Gasteiger partial charge in [-0.15, -0.1) is 11.3 Å². The van der Waals surface area contributed by atoms with Crippen molar-refractivity contribution in [1.29, 1.82) is 0 Å². The lowest BCUT2D eigenvalue weighted by Gasteiger charge is -2.26. The Morgan fingerprint density at radius 1 is 1.33 bits per heavy atom. The fourth-order valence-corrected chi connectivity index (χ4v) is 2.95. The van der Waals surface area contributed by atoms with E-state index in [2.05, 4.69) is 24.4 Å². The molecule has 2 N–H and O–H groups in total. The number of hydrogen-bond acceptors (Lipinski definition) is 3. The highest BCUT2D eigenvalue weighted by atomic mass is 32.1. The van der Waals surface area contributed by atoms with Gasteiger partial charge in [-0.1, -0.05) is 0 Å². The molecule has 1 heterocycles. The van der Waals surface area contributed by atoms with Gasteiger partial charge in [0, 0.05) is 22.3 Å². The summed E-state index contributed by atoms with van der Waals surface area (Å²) in [5, 5.41) is 13.0. The third-order valence-electron chi connectivity index (χ3n) is 3.06. The Morgan fingerprint density at radius 2 is 2.07 bits per heavy atom. The van der Waals surface area contributed by atoms with Crippen LogP contribution in [0.4, 0.5) is 0 Å². The first-order chi connectivity index (χ1) is 7.24. The Hall–Kier alpha value is -0.380. The van der Waals surface area contributed by atoms with Crippen molar-refractivity contribution in [2.45, 2.75) is 51.3 Å². The van der Waals surface area contributed by atoms with Gasteiger partial charge in [0.2, 0.25) is 0 Å². The van der Waals surface area contributed by atoms with Crippen molar-refractivity contribution in [2.24, 2.45) is 0 Å². The summed E-state index contributed by atoms with van der Waals surface area (Å²) in [6, 6.07) is 4.98. The second-order valence-corrected chi connectivity index (χ2v) is 5.77. The van der Waals surface area contributed by atoms with Gasteiger partial charge in [0.1, 0.15) is 0 Å². The van der Waals surface area contributed by atoms with E-state index < -0.39 is 0 Å². The van der Waals surface area contributed by atoms with Gasteiger partial charge in [-0.3, -0.25) is 0 Å². The topological polar surface area (TPSA) is 32.3 Å². The molecule has 0 bridgehead atoms. The van der Waals surface area contributed by atoms with Gasteiger partial charge >= 0.3 is 0 Å². The standard InChI is InChI=1S/C12H19NOS/c1-9-2-7-12(15-9)8-13-10-3-5-11(14)6-4-10/h2,7,10-11,13-14H,3-6,8H2,1H3. The number of aliphatic hydroxyl groups excluding tert-OH is 1. The lowest BCUT2D eigenvalue weighted by molar-refractivity contribution is 0.116. The highest BCUT2D eigenvalue weighted by molar-refractivity contribution is 7.11. The summed E-state index contributed by atoms with van der Waals surface area (Å²) >= 11 is 1.86. The third kappa shape index (κ3) is 3.30. The Bertz CT molecular complexity index is 302. The molecule has 84 valence electrons. The summed E-state index contributed by atoms with van der Waals surface area (Å²) in [7, 11) is 0. The summed E-state index contributed by atoms with van der Waals surface area (Å²) in [5.41, 5.74) is 0. The Kier molecular flexibility index (Phi) is 3.78. The first kappa shape index (κ1) is 11.1. The SMILES string of the molecule is Cc1ccc(CNC2CCC(O)CC2)s1. The molecular weight excluding hydrogens is 206 g/mol. The van der Waals surface area contributed by atoms with Crippen LogP contribution in [0.5, 0.6) is 0 Å². The molecule has 2 nitrogen and oxygen atoms in total. The minimum Gasteiger partial charge on any atom is -0.393 e. The lowest BCUT2D eigenvalue weighted by atomic mass is 9.93. The van der Waals surface area contributed by atoms with Crippen LogP contribution in [-0.4, -0.2) is 17.3 Å². The van der Waals surface area contributed by atoms with Gasteiger partial charge in [0.05, 0.1) is 6.10 Å². The van der Waals surface area contributed by atoms with Crippen LogP contribution in [0.15, 0.2) is 12.1 Å². The molecule has 0 aliphatic heterocycles. The Balaban J connectivity index is 1.74. The van der Waals surface area contributed by atoms with Crippen molar-refractivity contribution in [3.8, 4) is 0 Å². The number of rotatable bonds is 3. The molecule has 1 aliphatic rings. The molecule has 1 fully saturated rings. The quantitative estimate of drug-likeness (QED) is 0.828. The second kappa shape index (κ2) is 5.10. The first-order valence-corrected chi connectivity index (χ1v) is 6.52. The summed E-state index contributed by atoms with van der Waals surface area (Å²) in [5.74, 6) is 0. The summed E-state index contributed by atoms with van der Waals surface area (Å²) in [6.45, 7) is 3.13. The summed E-state index contributed by atoms with van der Waals surface area (Å²) in [4.78, 5) is 2.80. The number of thiophene rings is 1. The van der Waals surface area contributed by atoms with Crippen LogP contribution in [0.25, 0.3) is 0 Å². The molecule has 0 saturated heterocycles. The fourth-order valence-electron chi connectivity index (χ4n) is 2.11. The Morgan fingerprint density at radius 3 is 2.67 bits per heavy atom. The van der Waals surface area contributed by atoms with E-state index in [1.165, 1.54) is 9.75 Å². The maximum Gasteiger partial charge on any atom is 0.0541 e. The van der Waals surface area contributed by atoms with Crippen molar-refractivity contribution in [3.05, 3.63) is 21.9 Å². The van der Waals surface area contributed by atoms with E-state index in [0.717, 1.165) is 32.2 Å². The monoisotopic (exact) mass is 225 g/mol. The van der Waals surface area contributed by atoms with Gasteiger partial charge in [-0.2, -0.15) is 0 Å². The van der Waals surface area contributed by atoms with Crippen LogP contribution in [-0.2, 0) is 6.54 Å². The zero-order valence-corrected chi connectivity index (χ0v) is 10.0. The normalized spacial score (nSPS) is 26.8. The van der Waals surface area contributed by atoms with E-state index in [1.807, 2.05) is 11.3 Å². The molecule has 2 rings (SSSR count). The molecule has 0 aromatic carbocycles. The van der Waals surface area contributed by atoms with Gasteiger partial charge in [0.25, 0.3) is 0 Å². The van der Waals surface area contributed by atoms with Crippen molar-refractivity contribution < 1.29 is 5.11 Å². The maximum atomic E-state index is 9.39. The zero-order valence-electron chi connectivity index (χ0n) is 9.20. The molecule has 0 unspecified atom stereocenters. The molecule has 0 atom stereocenters. The molecule has 15 heavy (non-hydrogen) atoms. The number of aryl methyl sites for hydroxylation is 1. The summed E-state index contributed by atoms with van der Waals surface area (Å²) < 4.78 is 0. The molecular formula is C12H19NOS. The number of hydrogen-bond donors (Lipinski definition) is 2. The fraction of sp³-hybridized carbons (Fsp3) is 0.667. The van der Waals surface area contributed by atoms with E-state index in [0.29, 0.717) is 6.04 Å². The molecule has 0 amide bonds.